The lowest BCUT2D eigenvalue weighted by Gasteiger charge is -2.07. The number of rotatable bonds is 4. The van der Waals surface area contributed by atoms with E-state index in [0.717, 1.165) is 18.6 Å². The van der Waals surface area contributed by atoms with Crippen molar-refractivity contribution in [1.29, 1.82) is 0 Å². The molecule has 2 rings (SSSR count). The number of hydrogen-bond acceptors (Lipinski definition) is 4. The van der Waals surface area contributed by atoms with Crippen LogP contribution in [0, 0.1) is 11.8 Å². The van der Waals surface area contributed by atoms with Crippen molar-refractivity contribution in [3.63, 3.8) is 0 Å². The minimum absolute atomic E-state index is 0.120. The normalized spacial score (nSPS) is 19.0. The van der Waals surface area contributed by atoms with Crippen LogP contribution in [0.2, 0.25) is 0 Å². The molecule has 1 aromatic rings. The predicted molar refractivity (Wildman–Crippen MR) is 66.9 cm³/mol. The van der Waals surface area contributed by atoms with Gasteiger partial charge in [-0.1, -0.05) is 11.8 Å². The van der Waals surface area contributed by atoms with Crippen LogP contribution in [0.5, 0.6) is 0 Å². The largest absolute Gasteiger partial charge is 0.395 e. The Morgan fingerprint density at radius 2 is 2.53 bits per heavy atom. The fourth-order valence-corrected chi connectivity index (χ4v) is 2.32. The average molecular weight is 252 g/mol. The topological polar surface area (TPSA) is 38.7 Å². The van der Waals surface area contributed by atoms with Gasteiger partial charge in [0.2, 0.25) is 0 Å². The van der Waals surface area contributed by atoms with E-state index in [0.29, 0.717) is 19.6 Å². The Kier molecular flexibility index (Phi) is 5.02. The van der Waals surface area contributed by atoms with Crippen LogP contribution in [-0.4, -0.2) is 31.0 Å². The smallest absolute Gasteiger partial charge is 0.0835 e. The number of ether oxygens (including phenoxy) is 2. The first-order valence-electron chi connectivity index (χ1n) is 5.75. The summed E-state index contributed by atoms with van der Waals surface area (Å²) >= 11 is 1.66. The summed E-state index contributed by atoms with van der Waals surface area (Å²) in [5.41, 5.74) is 1.00. The van der Waals surface area contributed by atoms with Gasteiger partial charge in [0.05, 0.1) is 25.9 Å². The number of thiophene rings is 1. The van der Waals surface area contributed by atoms with Gasteiger partial charge in [0.1, 0.15) is 0 Å². The molecule has 2 heterocycles. The van der Waals surface area contributed by atoms with Crippen molar-refractivity contribution in [2.75, 3.05) is 19.8 Å². The van der Waals surface area contributed by atoms with Crippen molar-refractivity contribution in [1.82, 2.24) is 0 Å². The molecule has 1 unspecified atom stereocenters. The zero-order valence-corrected chi connectivity index (χ0v) is 10.5. The van der Waals surface area contributed by atoms with Crippen molar-refractivity contribution in [2.45, 2.75) is 25.6 Å². The summed E-state index contributed by atoms with van der Waals surface area (Å²) in [6.07, 6.45) is 1.77. The van der Waals surface area contributed by atoms with E-state index in [9.17, 15) is 0 Å². The molecular formula is C13H16O3S. The average Bonchev–Trinajstić information content (AvgIpc) is 2.98. The molecule has 1 fully saturated rings. The van der Waals surface area contributed by atoms with Gasteiger partial charge in [-0.15, -0.1) is 11.3 Å². The van der Waals surface area contributed by atoms with E-state index in [1.807, 2.05) is 11.4 Å². The zero-order valence-electron chi connectivity index (χ0n) is 9.65. The Bertz CT molecular complexity index is 396. The molecule has 0 radical (unpaired) electrons. The van der Waals surface area contributed by atoms with Gasteiger partial charge in [0, 0.05) is 28.8 Å². The van der Waals surface area contributed by atoms with Crippen LogP contribution in [0.3, 0.4) is 0 Å². The second-order valence-electron chi connectivity index (χ2n) is 3.87. The Hall–Kier alpha value is -0.860. The summed E-state index contributed by atoms with van der Waals surface area (Å²) < 4.78 is 11.0. The van der Waals surface area contributed by atoms with Crippen LogP contribution in [0.15, 0.2) is 11.4 Å². The van der Waals surface area contributed by atoms with Gasteiger partial charge in [-0.25, -0.2) is 0 Å². The molecule has 1 aliphatic rings. The first kappa shape index (κ1) is 12.6. The van der Waals surface area contributed by atoms with Crippen molar-refractivity contribution in [3.8, 4) is 11.8 Å². The van der Waals surface area contributed by atoms with Gasteiger partial charge >= 0.3 is 0 Å². The Morgan fingerprint density at radius 1 is 1.59 bits per heavy atom. The van der Waals surface area contributed by atoms with Crippen molar-refractivity contribution in [2.24, 2.45) is 0 Å². The van der Waals surface area contributed by atoms with Crippen LogP contribution in [0.25, 0.3) is 0 Å². The van der Waals surface area contributed by atoms with Gasteiger partial charge in [-0.2, -0.15) is 0 Å². The third-order valence-electron chi connectivity index (χ3n) is 2.47. The van der Waals surface area contributed by atoms with E-state index in [1.54, 1.807) is 11.3 Å². The molecule has 0 aromatic carbocycles. The molecule has 0 spiro atoms. The third kappa shape index (κ3) is 4.14. The first-order valence-corrected chi connectivity index (χ1v) is 6.63. The number of hydrogen-bond donors (Lipinski definition) is 1. The highest BCUT2D eigenvalue weighted by Crippen LogP contribution is 2.17. The molecule has 0 aliphatic carbocycles. The molecule has 3 nitrogen and oxygen atoms in total. The molecule has 1 saturated heterocycles. The maximum atomic E-state index is 8.62. The summed E-state index contributed by atoms with van der Waals surface area (Å²) in [7, 11) is 0. The first-order chi connectivity index (χ1) is 8.38. The van der Waals surface area contributed by atoms with E-state index in [4.69, 9.17) is 14.6 Å². The lowest BCUT2D eigenvalue weighted by molar-refractivity contribution is 0.0331. The highest BCUT2D eigenvalue weighted by Gasteiger charge is 2.15. The molecule has 17 heavy (non-hydrogen) atoms. The molecule has 1 atom stereocenters. The van der Waals surface area contributed by atoms with E-state index in [1.165, 1.54) is 4.88 Å². The fourth-order valence-electron chi connectivity index (χ4n) is 1.59. The van der Waals surface area contributed by atoms with E-state index in [2.05, 4.69) is 11.8 Å². The highest BCUT2D eigenvalue weighted by atomic mass is 32.1. The lowest BCUT2D eigenvalue weighted by atomic mass is 10.3. The maximum Gasteiger partial charge on any atom is 0.0835 e. The Morgan fingerprint density at radius 3 is 3.29 bits per heavy atom. The monoisotopic (exact) mass is 252 g/mol. The molecule has 1 N–H and O–H groups in total. The van der Waals surface area contributed by atoms with Gasteiger partial charge in [0.25, 0.3) is 0 Å². The maximum absolute atomic E-state index is 8.62. The van der Waals surface area contributed by atoms with Crippen LogP contribution in [-0.2, 0) is 16.1 Å². The van der Waals surface area contributed by atoms with E-state index in [-0.39, 0.29) is 12.7 Å². The summed E-state index contributed by atoms with van der Waals surface area (Å²) in [5, 5.41) is 10.6. The lowest BCUT2D eigenvalue weighted by Crippen LogP contribution is -2.11. The van der Waals surface area contributed by atoms with Crippen molar-refractivity contribution in [3.05, 3.63) is 21.9 Å². The Balaban J connectivity index is 1.79. The molecule has 4 heteroatoms. The highest BCUT2D eigenvalue weighted by molar-refractivity contribution is 7.10. The number of aliphatic hydroxyl groups is 1. The van der Waals surface area contributed by atoms with Crippen molar-refractivity contribution < 1.29 is 14.6 Å². The van der Waals surface area contributed by atoms with Crippen LogP contribution < -0.4 is 0 Å². The van der Waals surface area contributed by atoms with Crippen molar-refractivity contribution >= 4 is 11.3 Å². The molecule has 0 saturated carbocycles. The predicted octanol–water partition coefficient (Wildman–Crippen LogP) is 1.79. The van der Waals surface area contributed by atoms with Gasteiger partial charge in [0.15, 0.2) is 0 Å². The molecular weight excluding hydrogens is 236 g/mol. The second-order valence-corrected chi connectivity index (χ2v) is 4.87. The summed E-state index contributed by atoms with van der Waals surface area (Å²) in [4.78, 5) is 1.19. The zero-order chi connectivity index (χ0) is 11.9. The van der Waals surface area contributed by atoms with Gasteiger partial charge in [-0.3, -0.25) is 0 Å². The van der Waals surface area contributed by atoms with E-state index >= 15 is 0 Å². The fraction of sp³-hybridized carbons (Fsp3) is 0.538. The van der Waals surface area contributed by atoms with E-state index < -0.39 is 0 Å². The molecule has 0 bridgehead atoms. The SMILES string of the molecule is OCCC#Cc1csc(COC2CCOC2)c1. The number of aliphatic hydroxyl groups excluding tert-OH is 1. The summed E-state index contributed by atoms with van der Waals surface area (Å²) in [6, 6.07) is 2.05. The van der Waals surface area contributed by atoms with Gasteiger partial charge in [-0.05, 0) is 12.5 Å². The van der Waals surface area contributed by atoms with Crippen LogP contribution in [0.1, 0.15) is 23.3 Å². The minimum Gasteiger partial charge on any atom is -0.395 e. The standard InChI is InChI=1S/C13H16O3S/c14-5-2-1-3-11-7-13(17-10-11)9-16-12-4-6-15-8-12/h7,10,12,14H,2,4-6,8-9H2. The molecule has 92 valence electrons. The summed E-state index contributed by atoms with van der Waals surface area (Å²) in [5.74, 6) is 5.92. The second kappa shape index (κ2) is 6.77. The van der Waals surface area contributed by atoms with Crippen LogP contribution >= 0.6 is 11.3 Å². The van der Waals surface area contributed by atoms with Crippen LogP contribution in [0.4, 0.5) is 0 Å². The third-order valence-corrected chi connectivity index (χ3v) is 3.38. The molecule has 0 amide bonds. The summed E-state index contributed by atoms with van der Waals surface area (Å²) in [6.45, 7) is 2.29. The minimum atomic E-state index is 0.120. The quantitative estimate of drug-likeness (QED) is 0.830. The Labute approximate surface area is 105 Å². The molecule has 1 aliphatic heterocycles. The molecule has 1 aromatic heterocycles. The van der Waals surface area contributed by atoms with Gasteiger partial charge < -0.3 is 14.6 Å².